The third kappa shape index (κ3) is 13.5. The van der Waals surface area contributed by atoms with Gasteiger partial charge in [0.1, 0.15) is 0 Å². The smallest absolute Gasteiger partial charge is 0.305 e. The summed E-state index contributed by atoms with van der Waals surface area (Å²) >= 11 is 0. The maximum absolute atomic E-state index is 11.4. The molecule has 0 atom stereocenters. The van der Waals surface area contributed by atoms with Crippen molar-refractivity contribution in [2.75, 3.05) is 6.61 Å². The van der Waals surface area contributed by atoms with Gasteiger partial charge in [0, 0.05) is 6.42 Å². The molecule has 0 aliphatic rings. The fourth-order valence-electron chi connectivity index (χ4n) is 1.88. The van der Waals surface area contributed by atoms with Crippen molar-refractivity contribution in [3.63, 3.8) is 0 Å². The zero-order valence-electron chi connectivity index (χ0n) is 12.7. The molecule has 0 N–H and O–H groups in total. The van der Waals surface area contributed by atoms with Crippen LogP contribution in [0.4, 0.5) is 0 Å². The molecule has 0 bridgehead atoms. The molecule has 2 heteroatoms. The van der Waals surface area contributed by atoms with Crippen LogP contribution in [-0.2, 0) is 9.53 Å². The van der Waals surface area contributed by atoms with Gasteiger partial charge < -0.3 is 4.74 Å². The highest BCUT2D eigenvalue weighted by Gasteiger charge is 2.03. The minimum atomic E-state index is -0.0124. The molecule has 0 heterocycles. The van der Waals surface area contributed by atoms with Crippen molar-refractivity contribution in [3.8, 4) is 0 Å². The first-order valence-electron chi connectivity index (χ1n) is 7.82. The number of hydrogen-bond donors (Lipinski definition) is 0. The van der Waals surface area contributed by atoms with Crippen molar-refractivity contribution in [1.29, 1.82) is 0 Å². The Labute approximate surface area is 113 Å². The predicted molar refractivity (Wildman–Crippen MR) is 77.6 cm³/mol. The zero-order valence-corrected chi connectivity index (χ0v) is 12.7. The molecule has 0 saturated carbocycles. The summed E-state index contributed by atoms with van der Waals surface area (Å²) in [7, 11) is 0. The third-order valence-electron chi connectivity index (χ3n) is 3.19. The van der Waals surface area contributed by atoms with Crippen LogP contribution in [-0.4, -0.2) is 12.6 Å². The number of hydrogen-bond acceptors (Lipinski definition) is 2. The fraction of sp³-hybridized carbons (Fsp3) is 0.938. The second-order valence-corrected chi connectivity index (χ2v) is 5.63. The summed E-state index contributed by atoms with van der Waals surface area (Å²) in [6.07, 6.45) is 11.7. The van der Waals surface area contributed by atoms with E-state index in [-0.39, 0.29) is 5.97 Å². The average Bonchev–Trinajstić information content (AvgIpc) is 2.32. The molecule has 108 valence electrons. The van der Waals surface area contributed by atoms with Gasteiger partial charge in [-0.3, -0.25) is 4.79 Å². The van der Waals surface area contributed by atoms with Gasteiger partial charge in [-0.05, 0) is 18.8 Å². The van der Waals surface area contributed by atoms with E-state index < -0.39 is 0 Å². The van der Waals surface area contributed by atoms with E-state index in [1.54, 1.807) is 0 Å². The largest absolute Gasteiger partial charge is 0.466 e. The molecule has 0 fully saturated rings. The minimum absolute atomic E-state index is 0.0124. The summed E-state index contributed by atoms with van der Waals surface area (Å²) in [5, 5.41) is 0. The summed E-state index contributed by atoms with van der Waals surface area (Å²) in [6.45, 7) is 7.12. The monoisotopic (exact) mass is 256 g/mol. The lowest BCUT2D eigenvalue weighted by atomic mass is 10.1. The van der Waals surface area contributed by atoms with Crippen molar-refractivity contribution >= 4 is 5.97 Å². The van der Waals surface area contributed by atoms with E-state index in [4.69, 9.17) is 4.74 Å². The van der Waals surface area contributed by atoms with Gasteiger partial charge in [-0.1, -0.05) is 65.7 Å². The molecule has 0 unspecified atom stereocenters. The Morgan fingerprint density at radius 3 is 2.06 bits per heavy atom. The van der Waals surface area contributed by atoms with Crippen LogP contribution in [0, 0.1) is 5.92 Å². The zero-order chi connectivity index (χ0) is 13.6. The van der Waals surface area contributed by atoms with Crippen molar-refractivity contribution < 1.29 is 9.53 Å². The second-order valence-electron chi connectivity index (χ2n) is 5.63. The van der Waals surface area contributed by atoms with Gasteiger partial charge in [0.2, 0.25) is 0 Å². The molecule has 2 nitrogen and oxygen atoms in total. The van der Waals surface area contributed by atoms with Crippen LogP contribution in [0.3, 0.4) is 0 Å². The number of carbonyl (C=O) groups excluding carboxylic acids is 1. The highest BCUT2D eigenvalue weighted by Crippen LogP contribution is 2.10. The standard InChI is InChI=1S/C16H32O2/c1-4-5-6-7-8-9-10-11-12-16(17)18-14-13-15(2)3/h15H,4-14H2,1-3H3. The fourth-order valence-corrected chi connectivity index (χ4v) is 1.88. The Morgan fingerprint density at radius 2 is 1.50 bits per heavy atom. The molecule has 0 radical (unpaired) electrons. The molecule has 0 spiro atoms. The normalized spacial score (nSPS) is 10.9. The Morgan fingerprint density at radius 1 is 0.944 bits per heavy atom. The minimum Gasteiger partial charge on any atom is -0.466 e. The topological polar surface area (TPSA) is 26.3 Å². The lowest BCUT2D eigenvalue weighted by Crippen LogP contribution is -2.07. The van der Waals surface area contributed by atoms with Gasteiger partial charge in [0.05, 0.1) is 6.61 Å². The Kier molecular flexibility index (Phi) is 12.5. The molecule has 0 aliphatic heterocycles. The molecular formula is C16H32O2. The molecule has 0 saturated heterocycles. The van der Waals surface area contributed by atoms with Gasteiger partial charge in [0.25, 0.3) is 0 Å². The van der Waals surface area contributed by atoms with Crippen molar-refractivity contribution in [2.24, 2.45) is 5.92 Å². The quantitative estimate of drug-likeness (QED) is 0.358. The van der Waals surface area contributed by atoms with E-state index in [0.29, 0.717) is 18.9 Å². The lowest BCUT2D eigenvalue weighted by molar-refractivity contribution is -0.144. The number of unbranched alkanes of at least 4 members (excludes halogenated alkanes) is 7. The molecule has 0 amide bonds. The number of esters is 1. The van der Waals surface area contributed by atoms with E-state index in [9.17, 15) is 4.79 Å². The maximum Gasteiger partial charge on any atom is 0.305 e. The third-order valence-corrected chi connectivity index (χ3v) is 3.19. The molecule has 0 aromatic heterocycles. The summed E-state index contributed by atoms with van der Waals surface area (Å²) < 4.78 is 5.17. The molecule has 0 aliphatic carbocycles. The summed E-state index contributed by atoms with van der Waals surface area (Å²) in [5.41, 5.74) is 0. The maximum atomic E-state index is 11.4. The molecular weight excluding hydrogens is 224 g/mol. The highest BCUT2D eigenvalue weighted by molar-refractivity contribution is 5.69. The predicted octanol–water partition coefficient (Wildman–Crippen LogP) is 5.11. The highest BCUT2D eigenvalue weighted by atomic mass is 16.5. The van der Waals surface area contributed by atoms with Crippen LogP contribution in [0.5, 0.6) is 0 Å². The number of carbonyl (C=O) groups is 1. The van der Waals surface area contributed by atoms with E-state index in [2.05, 4.69) is 20.8 Å². The van der Waals surface area contributed by atoms with E-state index in [1.807, 2.05) is 0 Å². The first kappa shape index (κ1) is 17.5. The van der Waals surface area contributed by atoms with Crippen LogP contribution < -0.4 is 0 Å². The van der Waals surface area contributed by atoms with Gasteiger partial charge >= 0.3 is 5.97 Å². The summed E-state index contributed by atoms with van der Waals surface area (Å²) in [6, 6.07) is 0. The lowest BCUT2D eigenvalue weighted by Gasteiger charge is -2.06. The van der Waals surface area contributed by atoms with Crippen molar-refractivity contribution in [3.05, 3.63) is 0 Å². The van der Waals surface area contributed by atoms with E-state index >= 15 is 0 Å². The molecule has 0 rings (SSSR count). The van der Waals surface area contributed by atoms with Crippen LogP contribution >= 0.6 is 0 Å². The summed E-state index contributed by atoms with van der Waals surface area (Å²) in [5.74, 6) is 0.600. The van der Waals surface area contributed by atoms with Gasteiger partial charge in [-0.15, -0.1) is 0 Å². The van der Waals surface area contributed by atoms with Crippen LogP contribution in [0.1, 0.15) is 85.0 Å². The van der Waals surface area contributed by atoms with Crippen molar-refractivity contribution in [2.45, 2.75) is 85.0 Å². The Bertz CT molecular complexity index is 188. The van der Waals surface area contributed by atoms with Crippen molar-refractivity contribution in [1.82, 2.24) is 0 Å². The number of ether oxygens (including phenoxy) is 1. The molecule has 0 aromatic rings. The van der Waals surface area contributed by atoms with Gasteiger partial charge in [-0.2, -0.15) is 0 Å². The first-order chi connectivity index (χ1) is 8.66. The molecule has 18 heavy (non-hydrogen) atoms. The second kappa shape index (κ2) is 12.9. The van der Waals surface area contributed by atoms with E-state index in [1.165, 1.54) is 44.9 Å². The van der Waals surface area contributed by atoms with Crippen LogP contribution in [0.2, 0.25) is 0 Å². The average molecular weight is 256 g/mol. The van der Waals surface area contributed by atoms with E-state index in [0.717, 1.165) is 12.8 Å². The van der Waals surface area contributed by atoms with Gasteiger partial charge in [-0.25, -0.2) is 0 Å². The number of rotatable bonds is 12. The molecule has 0 aromatic carbocycles. The summed E-state index contributed by atoms with van der Waals surface area (Å²) in [4.78, 5) is 11.4. The van der Waals surface area contributed by atoms with Crippen LogP contribution in [0.25, 0.3) is 0 Å². The first-order valence-corrected chi connectivity index (χ1v) is 7.82. The Balaban J connectivity index is 3.15. The van der Waals surface area contributed by atoms with Crippen LogP contribution in [0.15, 0.2) is 0 Å². The Hall–Kier alpha value is -0.530. The van der Waals surface area contributed by atoms with Gasteiger partial charge in [0.15, 0.2) is 0 Å². The SMILES string of the molecule is CCCCCCCCCCC(=O)OCCC(C)C.